The van der Waals surface area contributed by atoms with Crippen molar-refractivity contribution in [2.24, 2.45) is 0 Å². The van der Waals surface area contributed by atoms with Gasteiger partial charge in [-0.1, -0.05) is 13.0 Å². The van der Waals surface area contributed by atoms with Crippen molar-refractivity contribution < 1.29 is 0 Å². The van der Waals surface area contributed by atoms with E-state index in [4.69, 9.17) is 0 Å². The summed E-state index contributed by atoms with van der Waals surface area (Å²) in [6.07, 6.45) is 4.22. The van der Waals surface area contributed by atoms with Gasteiger partial charge in [0.05, 0.1) is 0 Å². The molecule has 1 atom stereocenters. The van der Waals surface area contributed by atoms with Crippen molar-refractivity contribution in [3.8, 4) is 0 Å². The Hall–Kier alpha value is -0.670. The van der Waals surface area contributed by atoms with E-state index in [0.717, 1.165) is 17.2 Å². The van der Waals surface area contributed by atoms with Crippen LogP contribution in [-0.4, -0.2) is 17.6 Å². The molecule has 0 saturated heterocycles. The number of aromatic nitrogens is 1. The van der Waals surface area contributed by atoms with E-state index in [9.17, 15) is 0 Å². The summed E-state index contributed by atoms with van der Waals surface area (Å²) >= 11 is 1.68. The van der Waals surface area contributed by atoms with E-state index in [2.05, 4.69) is 41.7 Å². The fourth-order valence-electron chi connectivity index (χ4n) is 1.07. The van der Waals surface area contributed by atoms with Crippen LogP contribution in [-0.2, 0) is 0 Å². The number of thiazole rings is 1. The summed E-state index contributed by atoms with van der Waals surface area (Å²) in [5.74, 6) is 0. The van der Waals surface area contributed by atoms with Gasteiger partial charge in [-0.05, 0) is 26.5 Å². The van der Waals surface area contributed by atoms with Gasteiger partial charge in [0.25, 0.3) is 0 Å². The van der Waals surface area contributed by atoms with Crippen LogP contribution < -0.4 is 5.32 Å². The lowest BCUT2D eigenvalue weighted by Crippen LogP contribution is -2.22. The summed E-state index contributed by atoms with van der Waals surface area (Å²) in [4.78, 5) is 4.35. The molecule has 0 spiro atoms. The Morgan fingerprint density at radius 3 is 3.00 bits per heavy atom. The van der Waals surface area contributed by atoms with Crippen LogP contribution in [0.5, 0.6) is 0 Å². The molecule has 3 heteroatoms. The number of rotatable bonds is 4. The van der Waals surface area contributed by atoms with E-state index >= 15 is 0 Å². The highest BCUT2D eigenvalue weighted by molar-refractivity contribution is 7.10. The van der Waals surface area contributed by atoms with Crippen LogP contribution in [0.3, 0.4) is 0 Å². The fourth-order valence-corrected chi connectivity index (χ4v) is 1.76. The Morgan fingerprint density at radius 1 is 1.69 bits per heavy atom. The molecule has 2 nitrogen and oxygen atoms in total. The number of nitrogens with zero attached hydrogens (tertiary/aromatic N) is 1. The summed E-state index contributed by atoms with van der Waals surface area (Å²) in [7, 11) is 0. The van der Waals surface area contributed by atoms with Crippen LogP contribution >= 0.6 is 11.3 Å². The number of aryl methyl sites for hydroxylation is 1. The predicted molar refractivity (Wildman–Crippen MR) is 59.0 cm³/mol. The minimum atomic E-state index is 0.425. The van der Waals surface area contributed by atoms with E-state index in [-0.39, 0.29) is 0 Å². The number of likely N-dealkylation sites (N-methyl/N-ethyl adjacent to an activating group) is 1. The molecule has 0 aliphatic heterocycles. The zero-order valence-electron chi connectivity index (χ0n) is 8.37. The largest absolute Gasteiger partial charge is 0.311 e. The van der Waals surface area contributed by atoms with Gasteiger partial charge in [0.2, 0.25) is 0 Å². The number of hydrogen-bond acceptors (Lipinski definition) is 3. The number of hydrogen-bond donors (Lipinski definition) is 1. The van der Waals surface area contributed by atoms with Crippen LogP contribution in [0.4, 0.5) is 0 Å². The Balaban J connectivity index is 2.48. The Bertz CT molecular complexity index is 278. The van der Waals surface area contributed by atoms with Gasteiger partial charge in [-0.3, -0.25) is 0 Å². The van der Waals surface area contributed by atoms with Crippen LogP contribution in [0.2, 0.25) is 0 Å². The van der Waals surface area contributed by atoms with Crippen molar-refractivity contribution in [2.45, 2.75) is 26.8 Å². The third-order valence-corrected chi connectivity index (χ3v) is 2.62. The van der Waals surface area contributed by atoms with Crippen molar-refractivity contribution in [3.05, 3.63) is 22.2 Å². The van der Waals surface area contributed by atoms with Crippen molar-refractivity contribution in [2.75, 3.05) is 6.54 Å². The molecule has 0 saturated carbocycles. The zero-order chi connectivity index (χ0) is 9.68. The van der Waals surface area contributed by atoms with Crippen molar-refractivity contribution in [1.82, 2.24) is 10.3 Å². The van der Waals surface area contributed by atoms with Crippen LogP contribution in [0.25, 0.3) is 6.08 Å². The molecule has 0 radical (unpaired) electrons. The molecule has 0 amide bonds. The molecule has 1 rings (SSSR count). The molecule has 0 aromatic carbocycles. The van der Waals surface area contributed by atoms with Gasteiger partial charge in [0.1, 0.15) is 5.01 Å². The van der Waals surface area contributed by atoms with Crippen LogP contribution in [0.15, 0.2) is 11.5 Å². The monoisotopic (exact) mass is 196 g/mol. The van der Waals surface area contributed by atoms with Crippen LogP contribution in [0, 0.1) is 6.92 Å². The first-order valence-corrected chi connectivity index (χ1v) is 5.44. The van der Waals surface area contributed by atoms with Crippen molar-refractivity contribution >= 4 is 17.4 Å². The fraction of sp³-hybridized carbons (Fsp3) is 0.500. The minimum Gasteiger partial charge on any atom is -0.311 e. The molecule has 1 N–H and O–H groups in total. The molecule has 1 aromatic heterocycles. The average Bonchev–Trinajstić information content (AvgIpc) is 2.49. The SMILES string of the molecule is CCNC(C)/C=C/c1nc(C)cs1. The lowest BCUT2D eigenvalue weighted by molar-refractivity contribution is 0.663. The molecule has 13 heavy (non-hydrogen) atoms. The van der Waals surface area contributed by atoms with Gasteiger partial charge < -0.3 is 5.32 Å². The summed E-state index contributed by atoms with van der Waals surface area (Å²) in [5, 5.41) is 6.47. The molecule has 0 bridgehead atoms. The zero-order valence-corrected chi connectivity index (χ0v) is 9.19. The van der Waals surface area contributed by atoms with Crippen molar-refractivity contribution in [3.63, 3.8) is 0 Å². The normalized spacial score (nSPS) is 13.8. The van der Waals surface area contributed by atoms with E-state index in [0.29, 0.717) is 6.04 Å². The van der Waals surface area contributed by atoms with E-state index in [1.165, 1.54) is 0 Å². The quantitative estimate of drug-likeness (QED) is 0.800. The minimum absolute atomic E-state index is 0.425. The highest BCUT2D eigenvalue weighted by Gasteiger charge is 1.95. The lowest BCUT2D eigenvalue weighted by atomic mass is 10.3. The maximum absolute atomic E-state index is 4.35. The highest BCUT2D eigenvalue weighted by atomic mass is 32.1. The molecule has 0 fully saturated rings. The van der Waals surface area contributed by atoms with Gasteiger partial charge in [-0.25, -0.2) is 4.98 Å². The summed E-state index contributed by atoms with van der Waals surface area (Å²) in [5.41, 5.74) is 1.10. The maximum Gasteiger partial charge on any atom is 0.116 e. The van der Waals surface area contributed by atoms with Gasteiger partial charge in [0.15, 0.2) is 0 Å². The molecule has 0 aliphatic rings. The second-order valence-corrected chi connectivity index (χ2v) is 3.92. The Kier molecular flexibility index (Phi) is 4.12. The molecule has 1 heterocycles. The summed E-state index contributed by atoms with van der Waals surface area (Å²) in [6, 6.07) is 0.425. The average molecular weight is 196 g/mol. The van der Waals surface area contributed by atoms with Gasteiger partial charge in [0, 0.05) is 17.1 Å². The third-order valence-electron chi connectivity index (χ3n) is 1.69. The lowest BCUT2D eigenvalue weighted by Gasteiger charge is -2.04. The Labute approximate surface area is 83.7 Å². The van der Waals surface area contributed by atoms with Crippen LogP contribution in [0.1, 0.15) is 24.5 Å². The highest BCUT2D eigenvalue weighted by Crippen LogP contribution is 2.10. The molecule has 1 unspecified atom stereocenters. The van der Waals surface area contributed by atoms with E-state index < -0.39 is 0 Å². The number of nitrogens with one attached hydrogen (secondary N) is 1. The van der Waals surface area contributed by atoms with E-state index in [1.807, 2.05) is 6.92 Å². The standard InChI is InChI=1S/C10H16N2S/c1-4-11-8(2)5-6-10-12-9(3)7-13-10/h5-8,11H,4H2,1-3H3/b6-5+. The second-order valence-electron chi connectivity index (χ2n) is 3.03. The Morgan fingerprint density at radius 2 is 2.46 bits per heavy atom. The summed E-state index contributed by atoms with van der Waals surface area (Å²) < 4.78 is 0. The first kappa shape index (κ1) is 10.4. The molecule has 72 valence electrons. The smallest absolute Gasteiger partial charge is 0.116 e. The predicted octanol–water partition coefficient (Wildman–Crippen LogP) is 2.46. The van der Waals surface area contributed by atoms with Crippen molar-refractivity contribution in [1.29, 1.82) is 0 Å². The summed E-state index contributed by atoms with van der Waals surface area (Å²) in [6.45, 7) is 7.27. The van der Waals surface area contributed by atoms with Gasteiger partial charge >= 0.3 is 0 Å². The molecule has 1 aromatic rings. The van der Waals surface area contributed by atoms with Gasteiger partial charge in [-0.2, -0.15) is 0 Å². The maximum atomic E-state index is 4.35. The molecular weight excluding hydrogens is 180 g/mol. The second kappa shape index (κ2) is 5.14. The van der Waals surface area contributed by atoms with E-state index in [1.54, 1.807) is 11.3 Å². The van der Waals surface area contributed by atoms with Gasteiger partial charge in [-0.15, -0.1) is 11.3 Å². The molecule has 0 aliphatic carbocycles. The third kappa shape index (κ3) is 3.70. The topological polar surface area (TPSA) is 24.9 Å². The first-order chi connectivity index (χ1) is 6.22. The molecular formula is C10H16N2S. The first-order valence-electron chi connectivity index (χ1n) is 4.56.